The fourth-order valence-corrected chi connectivity index (χ4v) is 4.99. The molecule has 268 valence electrons. The Bertz CT molecular complexity index is 1090. The van der Waals surface area contributed by atoms with E-state index in [2.05, 4.69) is 55.4 Å². The molecule has 0 unspecified atom stereocenters. The second-order valence-corrected chi connectivity index (χ2v) is 12.7. The van der Waals surface area contributed by atoms with Gasteiger partial charge in [0.1, 0.15) is 0 Å². The van der Waals surface area contributed by atoms with Crippen molar-refractivity contribution < 1.29 is 38.6 Å². The maximum Gasteiger partial charge on any atom is 0.207 e. The maximum atomic E-state index is 11.5. The number of phenolic OH excluding ortho intramolecular Hbond substituents is 2. The van der Waals surface area contributed by atoms with Gasteiger partial charge in [-0.15, -0.1) is 0 Å². The Morgan fingerprint density at radius 2 is 0.681 bits per heavy atom. The van der Waals surface area contributed by atoms with Crippen LogP contribution in [0.1, 0.15) is 144 Å². The van der Waals surface area contributed by atoms with E-state index < -0.39 is 5.41 Å². The van der Waals surface area contributed by atoms with E-state index >= 15 is 0 Å². The average Bonchev–Trinajstić information content (AvgIpc) is 3.05. The summed E-state index contributed by atoms with van der Waals surface area (Å²) in [4.78, 5) is 0. The molecule has 0 bridgehead atoms. The molecule has 0 amide bonds. The quantitative estimate of drug-likeness (QED) is 0.0963. The van der Waals surface area contributed by atoms with Crippen LogP contribution in [0.4, 0.5) is 0 Å². The van der Waals surface area contributed by atoms with Crippen molar-refractivity contribution in [3.8, 4) is 46.0 Å². The van der Waals surface area contributed by atoms with E-state index in [9.17, 15) is 10.2 Å². The standard InChI is InChI=1S/C39H64O8/c1-9-15-21-42-31-27-29(35(44-23-17-11-3)37(33(31)40)46-25-19-13-5)39(7,8)30-28-32(43-22-16-10-2)34(41)38(47-26-20-14-6)36(30)45-24-18-12-4/h27-28,40-41H,9-26H2,1-8H3. The SMILES string of the molecule is CCCCOc1cc(C(C)(C)c2cc(OCCCC)c(O)c(OCCCC)c2OCCCC)c(OCCCC)c(OCCCC)c1O. The number of benzene rings is 2. The monoisotopic (exact) mass is 660 g/mol. The predicted molar refractivity (Wildman–Crippen MR) is 191 cm³/mol. The van der Waals surface area contributed by atoms with E-state index in [1.54, 1.807) is 0 Å². The first-order valence-electron chi connectivity index (χ1n) is 18.3. The second-order valence-electron chi connectivity index (χ2n) is 12.7. The third kappa shape index (κ3) is 11.5. The van der Waals surface area contributed by atoms with Gasteiger partial charge in [-0.25, -0.2) is 0 Å². The Morgan fingerprint density at radius 3 is 0.957 bits per heavy atom. The van der Waals surface area contributed by atoms with Crippen molar-refractivity contribution in [2.45, 2.75) is 138 Å². The molecule has 0 heterocycles. The van der Waals surface area contributed by atoms with Crippen LogP contribution in [0.15, 0.2) is 12.1 Å². The smallest absolute Gasteiger partial charge is 0.207 e. The van der Waals surface area contributed by atoms with Crippen molar-refractivity contribution in [2.24, 2.45) is 0 Å². The lowest BCUT2D eigenvalue weighted by Crippen LogP contribution is -2.23. The van der Waals surface area contributed by atoms with Gasteiger partial charge in [0.2, 0.25) is 23.0 Å². The highest BCUT2D eigenvalue weighted by Crippen LogP contribution is 2.56. The number of rotatable bonds is 26. The van der Waals surface area contributed by atoms with E-state index in [1.807, 2.05) is 12.1 Å². The summed E-state index contributed by atoms with van der Waals surface area (Å²) in [6.45, 7) is 19.5. The van der Waals surface area contributed by atoms with Crippen molar-refractivity contribution in [3.63, 3.8) is 0 Å². The normalized spacial score (nSPS) is 11.4. The Hall–Kier alpha value is -3.16. The molecule has 0 fully saturated rings. The molecule has 0 aliphatic heterocycles. The van der Waals surface area contributed by atoms with E-state index in [1.165, 1.54) is 0 Å². The average molecular weight is 661 g/mol. The van der Waals surface area contributed by atoms with E-state index in [4.69, 9.17) is 28.4 Å². The number of unbranched alkanes of at least 4 members (excludes halogenated alkanes) is 6. The molecule has 0 saturated heterocycles. The predicted octanol–water partition coefficient (Wildman–Crippen LogP) is 10.5. The minimum Gasteiger partial charge on any atom is -0.502 e. The molecule has 2 rings (SSSR count). The van der Waals surface area contributed by atoms with Gasteiger partial charge >= 0.3 is 0 Å². The van der Waals surface area contributed by atoms with Crippen LogP contribution in [0.5, 0.6) is 46.0 Å². The number of ether oxygens (including phenoxy) is 6. The van der Waals surface area contributed by atoms with Crippen molar-refractivity contribution in [2.75, 3.05) is 39.6 Å². The Labute approximate surface area is 285 Å². The third-order valence-corrected chi connectivity index (χ3v) is 8.18. The Morgan fingerprint density at radius 1 is 0.426 bits per heavy atom. The van der Waals surface area contributed by atoms with Gasteiger partial charge in [-0.2, -0.15) is 0 Å². The number of aromatic hydroxyl groups is 2. The summed E-state index contributed by atoms with van der Waals surface area (Å²) < 4.78 is 37.9. The maximum absolute atomic E-state index is 11.5. The number of hydrogen-bond donors (Lipinski definition) is 2. The lowest BCUT2D eigenvalue weighted by atomic mass is 9.76. The summed E-state index contributed by atoms with van der Waals surface area (Å²) in [5.41, 5.74) is 0.742. The molecule has 0 radical (unpaired) electrons. The highest BCUT2D eigenvalue weighted by atomic mass is 16.5. The highest BCUT2D eigenvalue weighted by molar-refractivity contribution is 5.69. The Balaban J connectivity index is 2.95. The lowest BCUT2D eigenvalue weighted by molar-refractivity contribution is 0.233. The summed E-state index contributed by atoms with van der Waals surface area (Å²) in [5, 5.41) is 23.0. The first-order valence-corrected chi connectivity index (χ1v) is 18.3. The first kappa shape index (κ1) is 40.0. The van der Waals surface area contributed by atoms with E-state index in [-0.39, 0.29) is 23.0 Å². The molecule has 0 aliphatic rings. The zero-order chi connectivity index (χ0) is 34.7. The van der Waals surface area contributed by atoms with Crippen LogP contribution in [-0.4, -0.2) is 49.9 Å². The minimum absolute atomic E-state index is 0.0550. The van der Waals surface area contributed by atoms with Crippen LogP contribution >= 0.6 is 0 Å². The van der Waals surface area contributed by atoms with Crippen molar-refractivity contribution >= 4 is 0 Å². The third-order valence-electron chi connectivity index (χ3n) is 8.18. The topological polar surface area (TPSA) is 95.8 Å². The van der Waals surface area contributed by atoms with Gasteiger partial charge in [0.15, 0.2) is 23.0 Å². The molecule has 0 aliphatic carbocycles. The molecule has 2 N–H and O–H groups in total. The summed E-state index contributed by atoms with van der Waals surface area (Å²) in [6, 6.07) is 3.74. The molecule has 0 spiro atoms. The molecule has 47 heavy (non-hydrogen) atoms. The Kier molecular flexibility index (Phi) is 18.4. The van der Waals surface area contributed by atoms with Crippen molar-refractivity contribution in [1.82, 2.24) is 0 Å². The van der Waals surface area contributed by atoms with Crippen LogP contribution < -0.4 is 28.4 Å². The second kappa shape index (κ2) is 21.7. The molecule has 8 heteroatoms. The van der Waals surface area contributed by atoms with Gasteiger partial charge < -0.3 is 38.6 Å². The van der Waals surface area contributed by atoms with Gasteiger partial charge in [-0.05, 0) is 50.7 Å². The van der Waals surface area contributed by atoms with Crippen LogP contribution in [0, 0.1) is 0 Å². The molecule has 2 aromatic carbocycles. The van der Waals surface area contributed by atoms with Gasteiger partial charge in [-0.1, -0.05) is 93.9 Å². The van der Waals surface area contributed by atoms with Crippen LogP contribution in [0.2, 0.25) is 0 Å². The van der Waals surface area contributed by atoms with Gasteiger partial charge in [0, 0.05) is 16.5 Å². The molecular formula is C39H64O8. The van der Waals surface area contributed by atoms with Crippen molar-refractivity contribution in [3.05, 3.63) is 23.3 Å². The largest absolute Gasteiger partial charge is 0.502 e. The molecule has 2 aromatic rings. The number of phenols is 2. The zero-order valence-electron chi connectivity index (χ0n) is 30.7. The summed E-state index contributed by atoms with van der Waals surface area (Å²) in [7, 11) is 0. The van der Waals surface area contributed by atoms with Crippen LogP contribution in [-0.2, 0) is 5.41 Å². The fraction of sp³-hybridized carbons (Fsp3) is 0.692. The van der Waals surface area contributed by atoms with Crippen LogP contribution in [0.25, 0.3) is 0 Å². The van der Waals surface area contributed by atoms with Gasteiger partial charge in [0.25, 0.3) is 0 Å². The summed E-state index contributed by atoms with van der Waals surface area (Å²) in [6.07, 6.45) is 10.8. The van der Waals surface area contributed by atoms with Gasteiger partial charge in [0.05, 0.1) is 39.6 Å². The van der Waals surface area contributed by atoms with E-state index in [0.29, 0.717) is 62.6 Å². The number of hydrogen-bond acceptors (Lipinski definition) is 8. The molecule has 0 aromatic heterocycles. The molecular weight excluding hydrogens is 596 g/mol. The fourth-order valence-electron chi connectivity index (χ4n) is 4.99. The first-order chi connectivity index (χ1) is 22.7. The zero-order valence-corrected chi connectivity index (χ0v) is 30.7. The summed E-state index contributed by atoms with van der Waals surface area (Å²) in [5.74, 6) is 2.13. The van der Waals surface area contributed by atoms with E-state index in [0.717, 1.165) is 88.2 Å². The van der Waals surface area contributed by atoms with Crippen molar-refractivity contribution in [1.29, 1.82) is 0 Å². The van der Waals surface area contributed by atoms with Gasteiger partial charge in [-0.3, -0.25) is 0 Å². The highest BCUT2D eigenvalue weighted by Gasteiger charge is 2.37. The lowest BCUT2D eigenvalue weighted by Gasteiger charge is -2.33. The summed E-state index contributed by atoms with van der Waals surface area (Å²) >= 11 is 0. The molecule has 8 nitrogen and oxygen atoms in total. The molecule has 0 atom stereocenters. The minimum atomic E-state index is -0.804. The van der Waals surface area contributed by atoms with Crippen LogP contribution in [0.3, 0.4) is 0 Å². The molecule has 0 saturated carbocycles.